The zero-order chi connectivity index (χ0) is 21.3. The van der Waals surface area contributed by atoms with Crippen LogP contribution in [0, 0.1) is 5.92 Å². The van der Waals surface area contributed by atoms with E-state index in [1.807, 2.05) is 0 Å². The molecule has 0 atom stereocenters. The van der Waals surface area contributed by atoms with E-state index in [0.717, 1.165) is 24.3 Å². The van der Waals surface area contributed by atoms with Crippen molar-refractivity contribution in [3.05, 3.63) is 23.9 Å². The van der Waals surface area contributed by atoms with Gasteiger partial charge in [-0.1, -0.05) is 32.1 Å². The quantitative estimate of drug-likeness (QED) is 0.412. The molecule has 1 aliphatic carbocycles. The molecule has 0 bridgehead atoms. The Balaban J connectivity index is 0.00000341. The third kappa shape index (κ3) is 6.33. The van der Waals surface area contributed by atoms with E-state index >= 15 is 0 Å². The van der Waals surface area contributed by atoms with Crippen LogP contribution in [0.4, 0.5) is 4.79 Å². The second-order valence-corrected chi connectivity index (χ2v) is 8.31. The lowest BCUT2D eigenvalue weighted by molar-refractivity contribution is 0.0669. The molecular weight excluding hydrogens is 404 g/mol. The minimum absolute atomic E-state index is 0. The zero-order valence-corrected chi connectivity index (χ0v) is 18.0. The number of hydrogen-bond acceptors (Lipinski definition) is 6. The summed E-state index contributed by atoms with van der Waals surface area (Å²) in [5.41, 5.74) is 5.98. The Morgan fingerprint density at radius 1 is 1.17 bits per heavy atom. The van der Waals surface area contributed by atoms with Gasteiger partial charge < -0.3 is 20.3 Å². The van der Waals surface area contributed by atoms with E-state index in [1.54, 1.807) is 28.1 Å². The highest BCUT2D eigenvalue weighted by molar-refractivity contribution is 8.11. The van der Waals surface area contributed by atoms with E-state index < -0.39 is 6.03 Å². The number of nitrogens with zero attached hydrogens (tertiary/aromatic N) is 4. The van der Waals surface area contributed by atoms with Gasteiger partial charge in [0.05, 0.1) is 12.2 Å². The molecule has 0 aromatic carbocycles. The molecule has 3 rings (SSSR count). The van der Waals surface area contributed by atoms with Crippen molar-refractivity contribution in [3.8, 4) is 5.88 Å². The molecule has 9 nitrogen and oxygen atoms in total. The lowest BCUT2D eigenvalue weighted by Crippen LogP contribution is -2.50. The molecule has 1 saturated carbocycles. The number of aromatic nitrogens is 1. The highest BCUT2D eigenvalue weighted by Crippen LogP contribution is 2.26. The maximum absolute atomic E-state index is 12.7. The maximum atomic E-state index is 12.7. The standard InChI is InChI=1S/C20H30N6O3S.H2/c21-19(30-22)24-20(28)26-11-9-25(10-12-26)18(27)16-6-7-17(23-14-16)29-13-8-15-4-2-1-3-5-15;/h6-7,14-15H,1-5,8-13,22H2,(H2,21,24,28);1H. The minimum Gasteiger partial charge on any atom is -0.478 e. The molecule has 0 radical (unpaired) electrons. The summed E-state index contributed by atoms with van der Waals surface area (Å²) in [7, 11) is 0. The molecule has 2 heterocycles. The van der Waals surface area contributed by atoms with Gasteiger partial charge in [-0.3, -0.25) is 9.93 Å². The molecule has 3 amide bonds. The zero-order valence-electron chi connectivity index (χ0n) is 17.2. The maximum Gasteiger partial charge on any atom is 0.346 e. The van der Waals surface area contributed by atoms with Gasteiger partial charge in [-0.2, -0.15) is 4.99 Å². The lowest BCUT2D eigenvalue weighted by atomic mass is 9.87. The van der Waals surface area contributed by atoms with E-state index in [9.17, 15) is 9.59 Å². The molecule has 2 fully saturated rings. The van der Waals surface area contributed by atoms with Crippen molar-refractivity contribution in [2.24, 2.45) is 21.8 Å². The van der Waals surface area contributed by atoms with Crippen LogP contribution < -0.4 is 15.6 Å². The summed E-state index contributed by atoms with van der Waals surface area (Å²) in [5, 5.41) is 5.29. The molecule has 4 N–H and O–H groups in total. The first-order valence-corrected chi connectivity index (χ1v) is 11.3. The fraction of sp³-hybridized carbons (Fsp3) is 0.600. The molecule has 1 saturated heterocycles. The monoisotopic (exact) mass is 436 g/mol. The van der Waals surface area contributed by atoms with Crippen molar-refractivity contribution in [1.82, 2.24) is 14.8 Å². The molecule has 10 heteroatoms. The van der Waals surface area contributed by atoms with Gasteiger partial charge in [0, 0.05) is 39.9 Å². The Hall–Kier alpha value is -2.33. The highest BCUT2D eigenvalue weighted by atomic mass is 32.2. The summed E-state index contributed by atoms with van der Waals surface area (Å²) >= 11 is 0.731. The molecule has 0 unspecified atom stereocenters. The Labute approximate surface area is 182 Å². The summed E-state index contributed by atoms with van der Waals surface area (Å²) in [4.78, 5) is 35.9. The van der Waals surface area contributed by atoms with Crippen LogP contribution in [-0.2, 0) is 0 Å². The van der Waals surface area contributed by atoms with E-state index in [4.69, 9.17) is 15.6 Å². The van der Waals surface area contributed by atoms with E-state index in [2.05, 4.69) is 9.98 Å². The van der Waals surface area contributed by atoms with Crippen LogP contribution in [0.5, 0.6) is 5.88 Å². The predicted molar refractivity (Wildman–Crippen MR) is 119 cm³/mol. The summed E-state index contributed by atoms with van der Waals surface area (Å²) in [5.74, 6) is 1.20. The van der Waals surface area contributed by atoms with Crippen LogP contribution in [0.1, 0.15) is 50.3 Å². The fourth-order valence-electron chi connectivity index (χ4n) is 3.87. The topological polar surface area (TPSA) is 127 Å². The van der Waals surface area contributed by atoms with E-state index in [0.29, 0.717) is 44.2 Å². The molecule has 0 spiro atoms. The molecule has 1 aromatic heterocycles. The number of hydrogen-bond donors (Lipinski definition) is 2. The molecule has 2 aliphatic rings. The first kappa shape index (κ1) is 22.4. The number of rotatable bonds is 5. The van der Waals surface area contributed by atoms with Gasteiger partial charge in [0.1, 0.15) is 0 Å². The molecule has 1 aromatic rings. The van der Waals surface area contributed by atoms with Crippen molar-refractivity contribution in [2.75, 3.05) is 32.8 Å². The van der Waals surface area contributed by atoms with Crippen LogP contribution in [0.15, 0.2) is 23.3 Å². The summed E-state index contributed by atoms with van der Waals surface area (Å²) < 4.78 is 5.76. The van der Waals surface area contributed by atoms with Crippen LogP contribution in [-0.4, -0.2) is 64.7 Å². The van der Waals surface area contributed by atoms with Crippen LogP contribution in [0.3, 0.4) is 0 Å². The van der Waals surface area contributed by atoms with Gasteiger partial charge in [0.2, 0.25) is 5.88 Å². The normalized spacial score (nSPS) is 18.4. The Morgan fingerprint density at radius 2 is 1.87 bits per heavy atom. The molecular formula is C20H32N6O3S. The van der Waals surface area contributed by atoms with Gasteiger partial charge in [0.25, 0.3) is 5.91 Å². The van der Waals surface area contributed by atoms with Gasteiger partial charge in [-0.25, -0.2) is 9.78 Å². The number of piperazine rings is 1. The van der Waals surface area contributed by atoms with Crippen molar-refractivity contribution in [1.29, 1.82) is 0 Å². The number of nitrogens with two attached hydrogens (primary N) is 2. The van der Waals surface area contributed by atoms with Gasteiger partial charge in [-0.15, -0.1) is 0 Å². The number of amidine groups is 1. The van der Waals surface area contributed by atoms with E-state index in [1.165, 1.54) is 32.1 Å². The Kier molecular flexibility index (Phi) is 8.32. The number of amides is 3. The molecule has 30 heavy (non-hydrogen) atoms. The Morgan fingerprint density at radius 3 is 2.50 bits per heavy atom. The highest BCUT2D eigenvalue weighted by Gasteiger charge is 2.25. The molecule has 166 valence electrons. The summed E-state index contributed by atoms with van der Waals surface area (Å²) in [6, 6.07) is 3.05. The number of urea groups is 1. The summed E-state index contributed by atoms with van der Waals surface area (Å²) in [6.07, 6.45) is 9.23. The second kappa shape index (κ2) is 11.2. The van der Waals surface area contributed by atoms with Gasteiger partial charge in [0.15, 0.2) is 5.17 Å². The molecule has 1 aliphatic heterocycles. The van der Waals surface area contributed by atoms with Crippen molar-refractivity contribution in [2.45, 2.75) is 38.5 Å². The van der Waals surface area contributed by atoms with Crippen molar-refractivity contribution >= 4 is 29.1 Å². The predicted octanol–water partition coefficient (Wildman–Crippen LogP) is 2.48. The number of pyridine rings is 1. The SMILES string of the molecule is NS/C(N)=N/C(=O)N1CCN(C(=O)c2ccc(OCCC3CCCCC3)nc2)CC1.[HH]. The van der Waals surface area contributed by atoms with Gasteiger partial charge >= 0.3 is 6.03 Å². The van der Waals surface area contributed by atoms with E-state index in [-0.39, 0.29) is 12.5 Å². The number of carbonyl (C=O) groups excluding carboxylic acids is 2. The first-order valence-electron chi connectivity index (χ1n) is 10.4. The third-order valence-corrected chi connectivity index (χ3v) is 5.98. The average Bonchev–Trinajstić information content (AvgIpc) is 2.79. The van der Waals surface area contributed by atoms with Crippen LogP contribution in [0.2, 0.25) is 0 Å². The third-order valence-electron chi connectivity index (χ3n) is 5.65. The van der Waals surface area contributed by atoms with Crippen LogP contribution >= 0.6 is 11.9 Å². The van der Waals surface area contributed by atoms with Crippen molar-refractivity contribution < 1.29 is 15.8 Å². The number of aliphatic imine (C=N–C) groups is 1. The smallest absolute Gasteiger partial charge is 0.346 e. The summed E-state index contributed by atoms with van der Waals surface area (Å²) in [6.45, 7) is 2.31. The van der Waals surface area contributed by atoms with Crippen LogP contribution in [0.25, 0.3) is 0 Å². The minimum atomic E-state index is -0.436. The first-order chi connectivity index (χ1) is 14.6. The Bertz CT molecular complexity index is 750. The lowest BCUT2D eigenvalue weighted by Gasteiger charge is -2.33. The van der Waals surface area contributed by atoms with Gasteiger partial charge in [-0.05, 0) is 30.4 Å². The second-order valence-electron chi connectivity index (χ2n) is 7.66. The number of ether oxygens (including phenoxy) is 1. The number of carbonyl (C=O) groups is 2. The fourth-order valence-corrected chi connectivity index (χ4v) is 4.00. The average molecular weight is 437 g/mol. The largest absolute Gasteiger partial charge is 0.478 e. The van der Waals surface area contributed by atoms with Crippen molar-refractivity contribution in [3.63, 3.8) is 0 Å².